The van der Waals surface area contributed by atoms with Crippen molar-refractivity contribution in [3.8, 4) is 5.82 Å². The lowest BCUT2D eigenvalue weighted by Crippen LogP contribution is -2.25. The van der Waals surface area contributed by atoms with E-state index in [-0.39, 0.29) is 11.4 Å². The van der Waals surface area contributed by atoms with Crippen LogP contribution < -0.4 is 0 Å². The highest BCUT2D eigenvalue weighted by atomic mass is 32.2. The van der Waals surface area contributed by atoms with Gasteiger partial charge in [-0.2, -0.15) is 0 Å². The Morgan fingerprint density at radius 1 is 1.00 bits per heavy atom. The summed E-state index contributed by atoms with van der Waals surface area (Å²) in [6.45, 7) is 5.42. The Morgan fingerprint density at radius 3 is 2.46 bits per heavy atom. The highest BCUT2D eigenvalue weighted by Crippen LogP contribution is 2.26. The number of esters is 1. The molecule has 0 aliphatic rings. The zero-order valence-electron chi connectivity index (χ0n) is 19.5. The summed E-state index contributed by atoms with van der Waals surface area (Å²) in [5, 5.41) is 0.846. The first kappa shape index (κ1) is 22.8. The van der Waals surface area contributed by atoms with Gasteiger partial charge in [0.2, 0.25) is 10.0 Å². The van der Waals surface area contributed by atoms with Gasteiger partial charge in [-0.1, -0.05) is 48.5 Å². The van der Waals surface area contributed by atoms with E-state index < -0.39 is 21.6 Å². The van der Waals surface area contributed by atoms with Crippen molar-refractivity contribution >= 4 is 38.1 Å². The van der Waals surface area contributed by atoms with Crippen LogP contribution in [-0.2, 0) is 20.5 Å². The average molecular weight is 489 g/mol. The largest absolute Gasteiger partial charge is 0.455 e. The molecule has 5 aromatic rings. The predicted octanol–water partition coefficient (Wildman–Crippen LogP) is 4.71. The van der Waals surface area contributed by atoms with Crippen LogP contribution in [0.1, 0.15) is 36.8 Å². The summed E-state index contributed by atoms with van der Waals surface area (Å²) >= 11 is 0. The highest BCUT2D eigenvalue weighted by Gasteiger charge is 2.25. The van der Waals surface area contributed by atoms with Crippen LogP contribution in [0.5, 0.6) is 0 Å². The van der Waals surface area contributed by atoms with E-state index in [0.717, 1.165) is 14.9 Å². The smallest absolute Gasteiger partial charge is 0.355 e. The molecule has 9 heteroatoms. The topological polar surface area (TPSA) is 96.1 Å². The van der Waals surface area contributed by atoms with Gasteiger partial charge in [-0.15, -0.1) is 0 Å². The number of aromatic nitrogens is 4. The van der Waals surface area contributed by atoms with Gasteiger partial charge in [0.1, 0.15) is 16.8 Å². The van der Waals surface area contributed by atoms with Crippen LogP contribution in [0.4, 0.5) is 0 Å². The third kappa shape index (κ3) is 4.42. The van der Waals surface area contributed by atoms with Gasteiger partial charge in [0.15, 0.2) is 11.5 Å². The molecule has 35 heavy (non-hydrogen) atoms. The van der Waals surface area contributed by atoms with E-state index in [1.165, 1.54) is 12.4 Å². The zero-order valence-corrected chi connectivity index (χ0v) is 20.4. The third-order valence-corrected chi connectivity index (χ3v) is 6.97. The molecule has 0 amide bonds. The van der Waals surface area contributed by atoms with Gasteiger partial charge in [-0.3, -0.25) is 4.57 Å². The molecule has 0 N–H and O–H groups in total. The Balaban J connectivity index is 1.60. The first-order valence-electron chi connectivity index (χ1n) is 11.1. The molecule has 3 heterocycles. The van der Waals surface area contributed by atoms with E-state index in [0.29, 0.717) is 22.6 Å². The molecule has 0 fully saturated rings. The summed E-state index contributed by atoms with van der Waals surface area (Å²) < 4.78 is 34.6. The molecule has 0 unspecified atom stereocenters. The number of ether oxygens (including phenoxy) is 1. The summed E-state index contributed by atoms with van der Waals surface area (Å²) in [5.74, 6) is -0.261. The zero-order chi connectivity index (χ0) is 24.8. The Hall–Kier alpha value is -3.98. The van der Waals surface area contributed by atoms with Crippen molar-refractivity contribution in [1.82, 2.24) is 18.5 Å². The molecule has 5 rings (SSSR count). The van der Waals surface area contributed by atoms with Crippen molar-refractivity contribution in [3.63, 3.8) is 0 Å². The number of rotatable bonds is 5. The van der Waals surface area contributed by atoms with Crippen LogP contribution in [0.25, 0.3) is 27.9 Å². The first-order chi connectivity index (χ1) is 16.6. The molecular weight excluding hydrogens is 464 g/mol. The number of hydrogen-bond donors (Lipinski definition) is 0. The first-order valence-corrected chi connectivity index (χ1v) is 12.7. The van der Waals surface area contributed by atoms with Crippen molar-refractivity contribution in [3.05, 3.63) is 90.4 Å². The van der Waals surface area contributed by atoms with Crippen molar-refractivity contribution in [2.45, 2.75) is 32.1 Å². The minimum Gasteiger partial charge on any atom is -0.455 e. The number of carbonyl (C=O) groups excluding carboxylic acids is 1. The van der Waals surface area contributed by atoms with Gasteiger partial charge >= 0.3 is 5.97 Å². The highest BCUT2D eigenvalue weighted by molar-refractivity contribution is 7.89. The summed E-state index contributed by atoms with van der Waals surface area (Å²) in [5.41, 5.74) is 1.70. The second-order valence-electron chi connectivity index (χ2n) is 9.22. The number of fused-ring (bicyclic) bond motifs is 2. The van der Waals surface area contributed by atoms with Crippen molar-refractivity contribution < 1.29 is 17.9 Å². The number of para-hydroxylation sites is 1. The van der Waals surface area contributed by atoms with E-state index >= 15 is 0 Å². The minimum atomic E-state index is -3.71. The van der Waals surface area contributed by atoms with Crippen LogP contribution in [-0.4, -0.2) is 38.5 Å². The van der Waals surface area contributed by atoms with Crippen LogP contribution >= 0.6 is 0 Å². The third-order valence-electron chi connectivity index (χ3n) is 5.38. The van der Waals surface area contributed by atoms with E-state index in [1.807, 2.05) is 51.1 Å². The summed E-state index contributed by atoms with van der Waals surface area (Å²) in [7, 11) is -3.71. The molecular formula is C26H24N4O4S. The van der Waals surface area contributed by atoms with E-state index in [4.69, 9.17) is 4.74 Å². The minimum absolute atomic E-state index is 0.161. The number of hydrogen-bond acceptors (Lipinski definition) is 6. The van der Waals surface area contributed by atoms with Gasteiger partial charge < -0.3 is 4.74 Å². The fourth-order valence-electron chi connectivity index (χ4n) is 3.95. The van der Waals surface area contributed by atoms with E-state index in [1.54, 1.807) is 41.0 Å². The molecule has 3 aromatic heterocycles. The molecule has 2 aromatic carbocycles. The fraction of sp³-hybridized carbons (Fsp3) is 0.192. The van der Waals surface area contributed by atoms with Crippen LogP contribution in [0.3, 0.4) is 0 Å². The summed E-state index contributed by atoms with van der Waals surface area (Å²) in [6.07, 6.45) is 2.92. The fourth-order valence-corrected chi connectivity index (χ4v) is 5.35. The van der Waals surface area contributed by atoms with Gasteiger partial charge in [-0.05, 0) is 44.5 Å². The lowest BCUT2D eigenvalue weighted by Gasteiger charge is -2.20. The molecule has 0 saturated carbocycles. The number of nitrogens with zero attached hydrogens (tertiary/aromatic N) is 4. The molecule has 0 radical (unpaired) electrons. The van der Waals surface area contributed by atoms with Crippen molar-refractivity contribution in [2.75, 3.05) is 0 Å². The SMILES string of the molecule is CC(C)(C)OC(=O)c1cc2ccccc2n1-c1cnc2c(ccn2S(=O)(=O)Cc2ccccc2)n1. The lowest BCUT2D eigenvalue weighted by atomic mass is 10.2. The Bertz CT molecular complexity index is 1660. The molecule has 0 atom stereocenters. The second-order valence-corrected chi connectivity index (χ2v) is 11.1. The van der Waals surface area contributed by atoms with E-state index in [9.17, 15) is 13.2 Å². The predicted molar refractivity (Wildman–Crippen MR) is 134 cm³/mol. The Labute approximate surface area is 202 Å². The maximum absolute atomic E-state index is 13.1. The Kier molecular flexibility index (Phi) is 5.44. The van der Waals surface area contributed by atoms with Crippen LogP contribution in [0.2, 0.25) is 0 Å². The molecule has 0 spiro atoms. The maximum Gasteiger partial charge on any atom is 0.355 e. The maximum atomic E-state index is 13.1. The van der Waals surface area contributed by atoms with Gasteiger partial charge in [0.05, 0.1) is 17.5 Å². The van der Waals surface area contributed by atoms with Gasteiger partial charge in [-0.25, -0.2) is 27.2 Å². The lowest BCUT2D eigenvalue weighted by molar-refractivity contribution is 0.00608. The van der Waals surface area contributed by atoms with Gasteiger partial charge in [0, 0.05) is 11.6 Å². The van der Waals surface area contributed by atoms with Crippen molar-refractivity contribution in [2.24, 2.45) is 0 Å². The van der Waals surface area contributed by atoms with Crippen LogP contribution in [0, 0.1) is 0 Å². The molecule has 178 valence electrons. The molecule has 0 saturated heterocycles. The second kappa shape index (κ2) is 8.35. The number of carbonyl (C=O) groups is 1. The standard InChI is InChI=1S/C26H24N4O4S/c1-26(2,3)34-25(31)22-15-19-11-7-8-12-21(19)30(22)23-16-27-24-20(28-23)13-14-29(24)35(32,33)17-18-9-5-4-6-10-18/h4-16H,17H2,1-3H3. The summed E-state index contributed by atoms with van der Waals surface area (Å²) in [6, 6.07) is 19.9. The molecule has 0 bridgehead atoms. The average Bonchev–Trinajstić information content (AvgIpc) is 3.40. The normalized spacial score (nSPS) is 12.3. The Morgan fingerprint density at radius 2 is 1.71 bits per heavy atom. The molecule has 8 nitrogen and oxygen atoms in total. The monoisotopic (exact) mass is 488 g/mol. The molecule has 0 aliphatic heterocycles. The van der Waals surface area contributed by atoms with Crippen molar-refractivity contribution in [1.29, 1.82) is 0 Å². The molecule has 0 aliphatic carbocycles. The quantitative estimate of drug-likeness (QED) is 0.333. The van der Waals surface area contributed by atoms with Gasteiger partial charge in [0.25, 0.3) is 0 Å². The number of benzene rings is 2. The van der Waals surface area contributed by atoms with E-state index in [2.05, 4.69) is 9.97 Å². The van der Waals surface area contributed by atoms with Crippen LogP contribution in [0.15, 0.2) is 79.1 Å². The summed E-state index contributed by atoms with van der Waals surface area (Å²) in [4.78, 5) is 22.1.